The van der Waals surface area contributed by atoms with E-state index in [1.165, 1.54) is 0 Å². The predicted molar refractivity (Wildman–Crippen MR) is 75.7 cm³/mol. The van der Waals surface area contributed by atoms with Crippen molar-refractivity contribution in [3.8, 4) is 0 Å². The molecule has 0 saturated carbocycles. The summed E-state index contributed by atoms with van der Waals surface area (Å²) in [5.74, 6) is -0.0854. The maximum Gasteiger partial charge on any atom is 0.251 e. The average Bonchev–Trinajstić information content (AvgIpc) is 2.43. The van der Waals surface area contributed by atoms with Crippen molar-refractivity contribution in [1.82, 2.24) is 10.6 Å². The van der Waals surface area contributed by atoms with Crippen LogP contribution in [0.5, 0.6) is 0 Å². The zero-order valence-corrected chi connectivity index (χ0v) is 11.0. The van der Waals surface area contributed by atoms with Crippen LogP contribution in [0.4, 0.5) is 0 Å². The number of benzene rings is 1. The number of carbonyl (C=O) groups excluding carboxylic acids is 1. The summed E-state index contributed by atoms with van der Waals surface area (Å²) < 4.78 is 0. The van der Waals surface area contributed by atoms with Crippen LogP contribution in [0.15, 0.2) is 35.5 Å². The minimum Gasteiger partial charge on any atom is -0.389 e. The largest absolute Gasteiger partial charge is 0.389 e. The molecule has 0 fully saturated rings. The Labute approximate surface area is 108 Å². The summed E-state index contributed by atoms with van der Waals surface area (Å²) in [6.07, 6.45) is 3.62. The standard InChI is InChI=1S/C14H19N3O/c1-4-16-10-13(17-5-2)11-6-8-12(9-7-11)14(18)15-3/h5-10,16H,4H2,1-3H3,(H,15,18)/b13-10-,17-5?. The number of hydrogen-bond acceptors (Lipinski definition) is 3. The predicted octanol–water partition coefficient (Wildman–Crippen LogP) is 2.04. The highest BCUT2D eigenvalue weighted by molar-refractivity contribution is 5.94. The van der Waals surface area contributed by atoms with Crippen LogP contribution in [0.3, 0.4) is 0 Å². The van der Waals surface area contributed by atoms with Gasteiger partial charge in [-0.1, -0.05) is 12.1 Å². The Bertz CT molecular complexity index is 447. The number of amides is 1. The molecular formula is C14H19N3O. The fourth-order valence-electron chi connectivity index (χ4n) is 1.47. The SMILES string of the molecule is CC=N/C(=C\NCC)c1ccc(C(=O)NC)cc1. The molecule has 0 heterocycles. The molecule has 1 amide bonds. The topological polar surface area (TPSA) is 53.5 Å². The summed E-state index contributed by atoms with van der Waals surface area (Å²) >= 11 is 0. The van der Waals surface area contributed by atoms with E-state index < -0.39 is 0 Å². The van der Waals surface area contributed by atoms with Gasteiger partial charge in [-0.3, -0.25) is 9.79 Å². The molecule has 0 saturated heterocycles. The fraction of sp³-hybridized carbons (Fsp3) is 0.286. The first-order chi connectivity index (χ1) is 8.72. The van der Waals surface area contributed by atoms with E-state index in [1.54, 1.807) is 25.4 Å². The van der Waals surface area contributed by atoms with Crippen molar-refractivity contribution in [3.63, 3.8) is 0 Å². The Kier molecular flexibility index (Phi) is 5.64. The minimum atomic E-state index is -0.0854. The highest BCUT2D eigenvalue weighted by atomic mass is 16.1. The molecule has 1 aromatic rings. The molecule has 96 valence electrons. The van der Waals surface area contributed by atoms with Gasteiger partial charge in [0.25, 0.3) is 5.91 Å². The highest BCUT2D eigenvalue weighted by Gasteiger charge is 2.04. The van der Waals surface area contributed by atoms with Crippen LogP contribution in [0.2, 0.25) is 0 Å². The van der Waals surface area contributed by atoms with Crippen LogP contribution in [0.25, 0.3) is 5.70 Å². The Balaban J connectivity index is 2.97. The summed E-state index contributed by atoms with van der Waals surface area (Å²) in [4.78, 5) is 15.7. The molecule has 0 unspecified atom stereocenters. The van der Waals surface area contributed by atoms with Gasteiger partial charge in [0.1, 0.15) is 0 Å². The van der Waals surface area contributed by atoms with Crippen LogP contribution < -0.4 is 10.6 Å². The first-order valence-corrected chi connectivity index (χ1v) is 5.97. The molecule has 0 aliphatic heterocycles. The molecule has 0 atom stereocenters. The van der Waals surface area contributed by atoms with Crippen molar-refractivity contribution in [2.45, 2.75) is 13.8 Å². The van der Waals surface area contributed by atoms with Crippen molar-refractivity contribution in [1.29, 1.82) is 0 Å². The Hall–Kier alpha value is -2.10. The molecular weight excluding hydrogens is 226 g/mol. The maximum absolute atomic E-state index is 11.4. The first kappa shape index (κ1) is 14.0. The van der Waals surface area contributed by atoms with E-state index in [1.807, 2.05) is 32.2 Å². The Morgan fingerprint density at radius 3 is 2.39 bits per heavy atom. The summed E-state index contributed by atoms with van der Waals surface area (Å²) in [5.41, 5.74) is 2.47. The zero-order chi connectivity index (χ0) is 13.4. The van der Waals surface area contributed by atoms with Crippen molar-refractivity contribution in [3.05, 3.63) is 41.6 Å². The quantitative estimate of drug-likeness (QED) is 0.780. The monoisotopic (exact) mass is 245 g/mol. The van der Waals surface area contributed by atoms with Crippen LogP contribution >= 0.6 is 0 Å². The van der Waals surface area contributed by atoms with Crippen LogP contribution in [0, 0.1) is 0 Å². The zero-order valence-electron chi connectivity index (χ0n) is 11.0. The van der Waals surface area contributed by atoms with Crippen LogP contribution in [-0.2, 0) is 0 Å². The van der Waals surface area contributed by atoms with Gasteiger partial charge in [0.15, 0.2) is 0 Å². The number of carbonyl (C=O) groups is 1. The molecule has 1 aromatic carbocycles. The van der Waals surface area contributed by atoms with Crippen molar-refractivity contribution in [2.24, 2.45) is 4.99 Å². The van der Waals surface area contributed by atoms with E-state index in [2.05, 4.69) is 15.6 Å². The molecule has 0 bridgehead atoms. The third-order valence-corrected chi connectivity index (χ3v) is 2.38. The number of nitrogens with one attached hydrogen (secondary N) is 2. The molecule has 0 spiro atoms. The lowest BCUT2D eigenvalue weighted by Crippen LogP contribution is -2.17. The van der Waals surface area contributed by atoms with Crippen molar-refractivity contribution in [2.75, 3.05) is 13.6 Å². The summed E-state index contributed by atoms with van der Waals surface area (Å²) in [6, 6.07) is 7.36. The van der Waals surface area contributed by atoms with Gasteiger partial charge >= 0.3 is 0 Å². The van der Waals surface area contributed by atoms with Gasteiger partial charge in [-0.15, -0.1) is 0 Å². The molecule has 2 N–H and O–H groups in total. The van der Waals surface area contributed by atoms with Gasteiger partial charge in [-0.25, -0.2) is 0 Å². The number of rotatable bonds is 5. The summed E-state index contributed by atoms with van der Waals surface area (Å²) in [5, 5.41) is 5.72. The normalized spacial score (nSPS) is 11.6. The molecule has 0 aliphatic rings. The van der Waals surface area contributed by atoms with Crippen LogP contribution in [0.1, 0.15) is 29.8 Å². The van der Waals surface area contributed by atoms with Crippen molar-refractivity contribution >= 4 is 17.8 Å². The highest BCUT2D eigenvalue weighted by Crippen LogP contribution is 2.15. The molecule has 0 aliphatic carbocycles. The lowest BCUT2D eigenvalue weighted by atomic mass is 10.1. The second-order valence-corrected chi connectivity index (χ2v) is 3.63. The summed E-state index contributed by atoms with van der Waals surface area (Å²) in [7, 11) is 1.62. The van der Waals surface area contributed by atoms with E-state index in [9.17, 15) is 4.79 Å². The molecule has 4 nitrogen and oxygen atoms in total. The second-order valence-electron chi connectivity index (χ2n) is 3.63. The molecule has 0 radical (unpaired) electrons. The number of nitrogens with zero attached hydrogens (tertiary/aromatic N) is 1. The van der Waals surface area contributed by atoms with E-state index in [-0.39, 0.29) is 5.91 Å². The maximum atomic E-state index is 11.4. The van der Waals surface area contributed by atoms with Gasteiger partial charge in [-0.2, -0.15) is 0 Å². The van der Waals surface area contributed by atoms with E-state index in [4.69, 9.17) is 0 Å². The molecule has 1 rings (SSSR count). The number of aliphatic imine (C=N–C) groups is 1. The molecule has 18 heavy (non-hydrogen) atoms. The lowest BCUT2D eigenvalue weighted by molar-refractivity contribution is 0.0963. The lowest BCUT2D eigenvalue weighted by Gasteiger charge is -2.05. The third kappa shape index (κ3) is 3.73. The third-order valence-electron chi connectivity index (χ3n) is 2.38. The molecule has 0 aromatic heterocycles. The van der Waals surface area contributed by atoms with Gasteiger partial charge in [0.05, 0.1) is 5.70 Å². The first-order valence-electron chi connectivity index (χ1n) is 5.97. The fourth-order valence-corrected chi connectivity index (χ4v) is 1.47. The van der Waals surface area contributed by atoms with Crippen LogP contribution in [-0.4, -0.2) is 25.7 Å². The second kappa shape index (κ2) is 7.27. The Morgan fingerprint density at radius 1 is 1.28 bits per heavy atom. The average molecular weight is 245 g/mol. The van der Waals surface area contributed by atoms with Gasteiger partial charge in [0.2, 0.25) is 0 Å². The Morgan fingerprint density at radius 2 is 1.89 bits per heavy atom. The van der Waals surface area contributed by atoms with Gasteiger partial charge in [-0.05, 0) is 26.0 Å². The molecule has 4 heteroatoms. The van der Waals surface area contributed by atoms with E-state index in [0.717, 1.165) is 17.8 Å². The number of hydrogen-bond donors (Lipinski definition) is 2. The van der Waals surface area contributed by atoms with E-state index in [0.29, 0.717) is 5.56 Å². The minimum absolute atomic E-state index is 0.0854. The summed E-state index contributed by atoms with van der Waals surface area (Å²) in [6.45, 7) is 4.75. The van der Waals surface area contributed by atoms with Gasteiger partial charge < -0.3 is 10.6 Å². The van der Waals surface area contributed by atoms with Gasteiger partial charge in [0, 0.05) is 37.1 Å². The van der Waals surface area contributed by atoms with E-state index >= 15 is 0 Å². The smallest absolute Gasteiger partial charge is 0.251 e. The van der Waals surface area contributed by atoms with Crippen molar-refractivity contribution < 1.29 is 4.79 Å².